The van der Waals surface area contributed by atoms with Crippen molar-refractivity contribution in [2.75, 3.05) is 5.75 Å². The van der Waals surface area contributed by atoms with Crippen LogP contribution in [0.2, 0.25) is 5.02 Å². The summed E-state index contributed by atoms with van der Waals surface area (Å²) in [6.45, 7) is 3.54. The highest BCUT2D eigenvalue weighted by molar-refractivity contribution is 8.03. The zero-order chi connectivity index (χ0) is 22.8. The fourth-order valence-corrected chi connectivity index (χ4v) is 5.26. The van der Waals surface area contributed by atoms with Gasteiger partial charge in [-0.25, -0.2) is 0 Å². The quantitative estimate of drug-likeness (QED) is 0.419. The third-order valence-electron chi connectivity index (χ3n) is 4.83. The minimum absolute atomic E-state index is 0.0333. The van der Waals surface area contributed by atoms with E-state index in [-0.39, 0.29) is 31.8 Å². The van der Waals surface area contributed by atoms with Crippen LogP contribution < -0.4 is 5.32 Å². The van der Waals surface area contributed by atoms with E-state index >= 15 is 0 Å². The number of carbonyl (C=O) groups is 1. The van der Waals surface area contributed by atoms with Gasteiger partial charge in [-0.1, -0.05) is 41.9 Å². The Kier molecular flexibility index (Phi) is 6.86. The number of nitrogens with one attached hydrogen (secondary N) is 1. The van der Waals surface area contributed by atoms with Crippen molar-refractivity contribution in [3.63, 3.8) is 0 Å². The highest BCUT2D eigenvalue weighted by atomic mass is 35.5. The van der Waals surface area contributed by atoms with Crippen LogP contribution in [0.1, 0.15) is 21.2 Å². The predicted octanol–water partition coefficient (Wildman–Crippen LogP) is 5.49. The third-order valence-corrected chi connectivity index (χ3v) is 7.07. The summed E-state index contributed by atoms with van der Waals surface area (Å²) in [6, 6.07) is 10.9. The lowest BCUT2D eigenvalue weighted by atomic mass is 9.70. The van der Waals surface area contributed by atoms with Crippen molar-refractivity contribution < 1.29 is 23.1 Å². The van der Waals surface area contributed by atoms with E-state index in [9.17, 15) is 28.3 Å². The number of nitrogens with zero attached hydrogens (tertiary/aromatic N) is 1. The summed E-state index contributed by atoms with van der Waals surface area (Å²) in [5.41, 5.74) is -3.58. The number of aliphatic hydroxyl groups is 1. The zero-order valence-corrected chi connectivity index (χ0v) is 18.2. The van der Waals surface area contributed by atoms with Gasteiger partial charge in [0.1, 0.15) is 0 Å². The zero-order valence-electron chi connectivity index (χ0n) is 15.8. The summed E-state index contributed by atoms with van der Waals surface area (Å²) in [4.78, 5) is 13.3. The first kappa shape index (κ1) is 23.4. The number of halogens is 4. The van der Waals surface area contributed by atoms with Gasteiger partial charge in [0.15, 0.2) is 5.78 Å². The van der Waals surface area contributed by atoms with Crippen molar-refractivity contribution in [2.45, 2.75) is 17.8 Å². The fraction of sp³-hybridized carbons (Fsp3) is 0.238. The summed E-state index contributed by atoms with van der Waals surface area (Å²) in [5.74, 6) is -4.25. The summed E-state index contributed by atoms with van der Waals surface area (Å²) < 4.78 is 42.8. The Balaban J connectivity index is 2.34. The van der Waals surface area contributed by atoms with Crippen LogP contribution in [-0.2, 0) is 0 Å². The third kappa shape index (κ3) is 4.26. The summed E-state index contributed by atoms with van der Waals surface area (Å²) >= 11 is 8.12. The number of allylic oxidation sites excluding steroid dienone is 1. The predicted molar refractivity (Wildman–Crippen MR) is 116 cm³/mol. The molecular weight excluding hydrogens is 469 g/mol. The average molecular weight is 485 g/mol. The molecule has 3 atom stereocenters. The lowest BCUT2D eigenvalue weighted by molar-refractivity contribution is -0.285. The molecule has 1 aliphatic heterocycles. The van der Waals surface area contributed by atoms with Crippen molar-refractivity contribution in [3.05, 3.63) is 80.5 Å². The average Bonchev–Trinajstić information content (AvgIpc) is 3.26. The van der Waals surface area contributed by atoms with Gasteiger partial charge in [0.25, 0.3) is 0 Å². The molecule has 4 nitrogen and oxygen atoms in total. The van der Waals surface area contributed by atoms with Gasteiger partial charge in [-0.05, 0) is 23.1 Å². The van der Waals surface area contributed by atoms with E-state index in [1.165, 1.54) is 30.3 Å². The molecule has 31 heavy (non-hydrogen) atoms. The van der Waals surface area contributed by atoms with Crippen LogP contribution in [0.5, 0.6) is 0 Å². The fourth-order valence-electron chi connectivity index (χ4n) is 3.47. The van der Waals surface area contributed by atoms with Crippen LogP contribution in [0, 0.1) is 17.2 Å². The highest BCUT2D eigenvalue weighted by Gasteiger charge is 2.66. The van der Waals surface area contributed by atoms with E-state index < -0.39 is 29.5 Å². The Hall–Kier alpha value is -2.25. The maximum atomic E-state index is 14.3. The number of hydrogen-bond donors (Lipinski definition) is 2. The lowest BCUT2D eigenvalue weighted by Crippen LogP contribution is -2.66. The van der Waals surface area contributed by atoms with E-state index in [1.807, 2.05) is 6.07 Å². The van der Waals surface area contributed by atoms with Crippen LogP contribution in [0.25, 0.3) is 0 Å². The second-order valence-corrected chi connectivity index (χ2v) is 9.05. The van der Waals surface area contributed by atoms with Crippen molar-refractivity contribution in [2.24, 2.45) is 5.92 Å². The minimum atomic E-state index is -5.23. The normalized spacial score (nSPS) is 23.7. The van der Waals surface area contributed by atoms with Gasteiger partial charge in [-0.2, -0.15) is 18.4 Å². The van der Waals surface area contributed by atoms with Crippen LogP contribution in [0.3, 0.4) is 0 Å². The minimum Gasteiger partial charge on any atom is -0.363 e. The maximum Gasteiger partial charge on any atom is 0.437 e. The maximum absolute atomic E-state index is 14.3. The highest BCUT2D eigenvalue weighted by Crippen LogP contribution is 2.52. The van der Waals surface area contributed by atoms with E-state index in [1.54, 1.807) is 17.5 Å². The Labute approximate surface area is 190 Å². The van der Waals surface area contributed by atoms with Gasteiger partial charge in [0.2, 0.25) is 5.72 Å². The van der Waals surface area contributed by atoms with E-state index in [0.29, 0.717) is 0 Å². The largest absolute Gasteiger partial charge is 0.437 e. The first-order valence-corrected chi connectivity index (χ1v) is 11.2. The molecule has 0 radical (unpaired) electrons. The lowest BCUT2D eigenvalue weighted by Gasteiger charge is -2.45. The molecule has 2 heterocycles. The molecule has 1 aromatic carbocycles. The van der Waals surface area contributed by atoms with Crippen molar-refractivity contribution in [1.82, 2.24) is 5.32 Å². The number of Topliss-reactive ketones (excluding diaryl/α,β-unsaturated/α-hetero) is 1. The second-order valence-electron chi connectivity index (χ2n) is 6.66. The number of thiophene rings is 1. The molecule has 0 saturated carbocycles. The number of nitriles is 1. The molecule has 0 amide bonds. The molecule has 0 aliphatic carbocycles. The summed E-state index contributed by atoms with van der Waals surface area (Å²) in [6.07, 6.45) is -3.78. The molecular formula is C21H16ClF3N2O2S2. The first-order valence-electron chi connectivity index (χ1n) is 8.93. The molecule has 2 aromatic rings. The Bertz CT molecular complexity index is 1060. The summed E-state index contributed by atoms with van der Waals surface area (Å²) in [5, 5.41) is 24.4. The van der Waals surface area contributed by atoms with Crippen molar-refractivity contribution in [1.29, 1.82) is 5.26 Å². The molecule has 3 rings (SSSR count). The molecule has 10 heteroatoms. The van der Waals surface area contributed by atoms with Crippen molar-refractivity contribution >= 4 is 40.5 Å². The number of thioether (sulfide) groups is 1. The van der Waals surface area contributed by atoms with Gasteiger partial charge in [0, 0.05) is 16.7 Å². The Morgan fingerprint density at radius 1 is 1.39 bits per heavy atom. The van der Waals surface area contributed by atoms with Crippen LogP contribution in [0.15, 0.2) is 65.0 Å². The number of ketones is 1. The number of benzene rings is 1. The van der Waals surface area contributed by atoms with Gasteiger partial charge in [-0.3, -0.25) is 4.79 Å². The number of alkyl halides is 3. The molecule has 1 aliphatic rings. The topological polar surface area (TPSA) is 73.1 Å². The molecule has 0 unspecified atom stereocenters. The smallest absolute Gasteiger partial charge is 0.363 e. The first-order chi connectivity index (χ1) is 14.7. The molecule has 162 valence electrons. The van der Waals surface area contributed by atoms with Gasteiger partial charge < -0.3 is 10.4 Å². The standard InChI is InChI=1S/C21H16ClF3N2O2S2/c1-2-9-31-19-13(11-26)16(12-6-3-4-7-14(12)22)17(18(28)15-8-5-10-30-15)20(29,27-19)21(23,24)25/h2-8,10,16-17,27,29H,1,9H2/t16-,17-,20-/m0/s1. The van der Waals surface area contributed by atoms with Crippen LogP contribution in [-0.4, -0.2) is 28.5 Å². The monoisotopic (exact) mass is 484 g/mol. The van der Waals surface area contributed by atoms with Crippen LogP contribution >= 0.6 is 34.7 Å². The van der Waals surface area contributed by atoms with E-state index in [2.05, 4.69) is 11.9 Å². The van der Waals surface area contributed by atoms with Gasteiger partial charge in [0.05, 0.1) is 27.5 Å². The number of rotatable bonds is 6. The Morgan fingerprint density at radius 3 is 2.65 bits per heavy atom. The van der Waals surface area contributed by atoms with E-state index in [4.69, 9.17) is 11.6 Å². The van der Waals surface area contributed by atoms with Crippen molar-refractivity contribution in [3.8, 4) is 6.07 Å². The molecule has 1 aromatic heterocycles. The molecule has 0 saturated heterocycles. The molecule has 0 fully saturated rings. The number of carbonyl (C=O) groups excluding carboxylic acids is 1. The van der Waals surface area contributed by atoms with Crippen LogP contribution in [0.4, 0.5) is 13.2 Å². The number of hydrogen-bond acceptors (Lipinski definition) is 6. The second kappa shape index (κ2) is 9.09. The summed E-state index contributed by atoms with van der Waals surface area (Å²) in [7, 11) is 0. The van der Waals surface area contributed by atoms with Gasteiger partial charge in [-0.15, -0.1) is 29.7 Å². The van der Waals surface area contributed by atoms with Gasteiger partial charge >= 0.3 is 6.18 Å². The van der Waals surface area contributed by atoms with E-state index in [0.717, 1.165) is 23.1 Å². The molecule has 0 bridgehead atoms. The SMILES string of the molecule is C=CCSC1=C(C#N)[C@H](c2ccccc2Cl)[C@@H](C(=O)c2cccs2)[C@](O)(C(F)(F)F)N1. The Morgan fingerprint density at radius 2 is 2.10 bits per heavy atom. The molecule has 0 spiro atoms. The molecule has 2 N–H and O–H groups in total.